The lowest BCUT2D eigenvalue weighted by atomic mass is 10.1. The molecule has 1 unspecified atom stereocenters. The Balaban J connectivity index is 1.97. The molecule has 1 atom stereocenters. The Hall–Kier alpha value is -1.56. The fourth-order valence-electron chi connectivity index (χ4n) is 3.02. The summed E-state index contributed by atoms with van der Waals surface area (Å²) in [5.41, 5.74) is 2.57. The van der Waals surface area contributed by atoms with E-state index in [9.17, 15) is 13.2 Å². The van der Waals surface area contributed by atoms with E-state index >= 15 is 0 Å². The molecule has 108 valence electrons. The van der Waals surface area contributed by atoms with E-state index in [4.69, 9.17) is 0 Å². The largest absolute Gasteiger partial charge is 0.326 e. The van der Waals surface area contributed by atoms with Gasteiger partial charge in [-0.1, -0.05) is 12.1 Å². The van der Waals surface area contributed by atoms with Crippen LogP contribution < -0.4 is 5.69 Å². The molecule has 0 aliphatic carbocycles. The van der Waals surface area contributed by atoms with Crippen LogP contribution in [0.15, 0.2) is 23.0 Å². The van der Waals surface area contributed by atoms with Gasteiger partial charge in [0.05, 0.1) is 22.5 Å². The van der Waals surface area contributed by atoms with Crippen LogP contribution in [0.25, 0.3) is 11.0 Å². The Bertz CT molecular complexity index is 801. The third-order valence-electron chi connectivity index (χ3n) is 4.02. The quantitative estimate of drug-likeness (QED) is 0.911. The number of H-pyrrole nitrogens is 1. The molecule has 1 saturated heterocycles. The van der Waals surface area contributed by atoms with E-state index in [0.717, 1.165) is 23.0 Å². The average Bonchev–Trinajstić information content (AvgIpc) is 2.67. The number of aryl methyl sites for hydroxylation is 1. The second-order valence-corrected chi connectivity index (χ2v) is 7.86. The van der Waals surface area contributed by atoms with Crippen molar-refractivity contribution in [2.24, 2.45) is 5.92 Å². The molecule has 1 aromatic carbocycles. The van der Waals surface area contributed by atoms with E-state index < -0.39 is 9.84 Å². The van der Waals surface area contributed by atoms with Crippen molar-refractivity contribution in [2.75, 3.05) is 11.5 Å². The Kier molecular flexibility index (Phi) is 3.20. The molecule has 1 aliphatic heterocycles. The van der Waals surface area contributed by atoms with E-state index in [1.165, 1.54) is 0 Å². The van der Waals surface area contributed by atoms with Gasteiger partial charge in [0, 0.05) is 6.54 Å². The number of para-hydroxylation sites is 1. The summed E-state index contributed by atoms with van der Waals surface area (Å²) in [6, 6.07) is 5.77. The van der Waals surface area contributed by atoms with Crippen LogP contribution in [0.2, 0.25) is 0 Å². The fourth-order valence-corrected chi connectivity index (χ4v) is 4.79. The SMILES string of the molecule is Cc1cccc2c1[nH]c(=O)n2CC1CCCS(=O)(=O)C1. The minimum atomic E-state index is -2.93. The number of fused-ring (bicyclic) bond motifs is 1. The molecular formula is C14H18N2O3S. The lowest BCUT2D eigenvalue weighted by Crippen LogP contribution is -2.30. The highest BCUT2D eigenvalue weighted by Crippen LogP contribution is 2.22. The fraction of sp³-hybridized carbons (Fsp3) is 0.500. The van der Waals surface area contributed by atoms with Gasteiger partial charge in [0.1, 0.15) is 0 Å². The van der Waals surface area contributed by atoms with Crippen molar-refractivity contribution in [3.05, 3.63) is 34.2 Å². The Morgan fingerprint density at radius 3 is 2.95 bits per heavy atom. The maximum atomic E-state index is 12.1. The molecular weight excluding hydrogens is 276 g/mol. The summed E-state index contributed by atoms with van der Waals surface area (Å²) in [5.74, 6) is 0.509. The topological polar surface area (TPSA) is 71.9 Å². The number of rotatable bonds is 2. The van der Waals surface area contributed by atoms with Crippen LogP contribution in [0.1, 0.15) is 18.4 Å². The zero-order chi connectivity index (χ0) is 14.3. The van der Waals surface area contributed by atoms with Crippen molar-refractivity contribution in [2.45, 2.75) is 26.3 Å². The molecule has 2 heterocycles. The zero-order valence-corrected chi connectivity index (χ0v) is 12.2. The highest BCUT2D eigenvalue weighted by molar-refractivity contribution is 7.91. The highest BCUT2D eigenvalue weighted by Gasteiger charge is 2.25. The summed E-state index contributed by atoms with van der Waals surface area (Å²) in [5, 5.41) is 0. The standard InChI is InChI=1S/C14H18N2O3S/c1-10-4-2-6-12-13(10)15-14(17)16(12)8-11-5-3-7-20(18,19)9-11/h2,4,6,11H,3,5,7-9H2,1H3,(H,15,17). The Morgan fingerprint density at radius 2 is 2.20 bits per heavy atom. The van der Waals surface area contributed by atoms with Crippen LogP contribution >= 0.6 is 0 Å². The summed E-state index contributed by atoms with van der Waals surface area (Å²) in [4.78, 5) is 14.9. The third kappa shape index (κ3) is 2.40. The summed E-state index contributed by atoms with van der Waals surface area (Å²) in [6.45, 7) is 2.43. The van der Waals surface area contributed by atoms with E-state index in [2.05, 4.69) is 4.98 Å². The normalized spacial score (nSPS) is 22.1. The van der Waals surface area contributed by atoms with Crippen molar-refractivity contribution < 1.29 is 8.42 Å². The molecule has 0 bridgehead atoms. The van der Waals surface area contributed by atoms with Crippen LogP contribution in [0.5, 0.6) is 0 Å². The first-order chi connectivity index (χ1) is 9.46. The summed E-state index contributed by atoms with van der Waals surface area (Å²) < 4.78 is 25.1. The van der Waals surface area contributed by atoms with Gasteiger partial charge in [-0.05, 0) is 37.3 Å². The van der Waals surface area contributed by atoms with Crippen molar-refractivity contribution >= 4 is 20.9 Å². The lowest BCUT2D eigenvalue weighted by molar-refractivity contribution is 0.427. The molecule has 1 aliphatic rings. The predicted molar refractivity (Wildman–Crippen MR) is 78.7 cm³/mol. The maximum absolute atomic E-state index is 12.1. The average molecular weight is 294 g/mol. The number of imidazole rings is 1. The third-order valence-corrected chi connectivity index (χ3v) is 5.91. The van der Waals surface area contributed by atoms with Gasteiger partial charge >= 0.3 is 5.69 Å². The number of sulfone groups is 1. The summed E-state index contributed by atoms with van der Waals surface area (Å²) in [6.07, 6.45) is 1.56. The van der Waals surface area contributed by atoms with Gasteiger partial charge < -0.3 is 4.98 Å². The smallest absolute Gasteiger partial charge is 0.305 e. The minimum absolute atomic E-state index is 0.0333. The van der Waals surface area contributed by atoms with Gasteiger partial charge in [0.2, 0.25) is 0 Å². The Morgan fingerprint density at radius 1 is 1.40 bits per heavy atom. The number of hydrogen-bond donors (Lipinski definition) is 1. The van der Waals surface area contributed by atoms with E-state index in [1.54, 1.807) is 4.57 Å². The first-order valence-corrected chi connectivity index (χ1v) is 8.67. The van der Waals surface area contributed by atoms with Crippen LogP contribution in [-0.2, 0) is 16.4 Å². The molecule has 1 aromatic heterocycles. The highest BCUT2D eigenvalue weighted by atomic mass is 32.2. The van der Waals surface area contributed by atoms with Gasteiger partial charge in [0.25, 0.3) is 0 Å². The first-order valence-electron chi connectivity index (χ1n) is 6.85. The maximum Gasteiger partial charge on any atom is 0.326 e. The lowest BCUT2D eigenvalue weighted by Gasteiger charge is -2.22. The molecule has 0 radical (unpaired) electrons. The number of nitrogens with zero attached hydrogens (tertiary/aromatic N) is 1. The molecule has 0 saturated carbocycles. The predicted octanol–water partition coefficient (Wildman–Crippen LogP) is 1.46. The molecule has 6 heteroatoms. The molecule has 20 heavy (non-hydrogen) atoms. The number of nitrogens with one attached hydrogen (secondary N) is 1. The van der Waals surface area contributed by atoms with Gasteiger partial charge in [-0.2, -0.15) is 0 Å². The monoisotopic (exact) mass is 294 g/mol. The second-order valence-electron chi connectivity index (χ2n) is 5.63. The van der Waals surface area contributed by atoms with Gasteiger partial charge in [-0.15, -0.1) is 0 Å². The van der Waals surface area contributed by atoms with Crippen molar-refractivity contribution in [3.63, 3.8) is 0 Å². The molecule has 0 amide bonds. The second kappa shape index (κ2) is 4.77. The number of hydrogen-bond acceptors (Lipinski definition) is 3. The molecule has 5 nitrogen and oxygen atoms in total. The summed E-state index contributed by atoms with van der Waals surface area (Å²) >= 11 is 0. The molecule has 0 spiro atoms. The number of benzene rings is 1. The zero-order valence-electron chi connectivity index (χ0n) is 11.4. The van der Waals surface area contributed by atoms with E-state index in [-0.39, 0.29) is 23.1 Å². The van der Waals surface area contributed by atoms with Crippen molar-refractivity contribution in [3.8, 4) is 0 Å². The number of aromatic nitrogens is 2. The van der Waals surface area contributed by atoms with Crippen molar-refractivity contribution in [1.82, 2.24) is 9.55 Å². The molecule has 3 rings (SSSR count). The van der Waals surface area contributed by atoms with E-state index in [0.29, 0.717) is 13.0 Å². The van der Waals surface area contributed by atoms with Crippen LogP contribution in [-0.4, -0.2) is 29.5 Å². The van der Waals surface area contributed by atoms with E-state index in [1.807, 2.05) is 25.1 Å². The molecule has 1 fully saturated rings. The summed E-state index contributed by atoms with van der Waals surface area (Å²) in [7, 11) is -2.93. The molecule has 1 N–H and O–H groups in total. The first kappa shape index (κ1) is 13.4. The number of aromatic amines is 1. The molecule has 2 aromatic rings. The minimum Gasteiger partial charge on any atom is -0.305 e. The Labute approximate surface area is 117 Å². The van der Waals surface area contributed by atoms with Crippen LogP contribution in [0.3, 0.4) is 0 Å². The van der Waals surface area contributed by atoms with Gasteiger partial charge in [-0.25, -0.2) is 13.2 Å². The van der Waals surface area contributed by atoms with Crippen LogP contribution in [0, 0.1) is 12.8 Å². The van der Waals surface area contributed by atoms with Gasteiger partial charge in [-0.3, -0.25) is 4.57 Å². The van der Waals surface area contributed by atoms with Crippen LogP contribution in [0.4, 0.5) is 0 Å². The van der Waals surface area contributed by atoms with Gasteiger partial charge in [0.15, 0.2) is 9.84 Å². The van der Waals surface area contributed by atoms with Crippen molar-refractivity contribution in [1.29, 1.82) is 0 Å².